The number of pyridine rings is 1. The molecule has 9 heteroatoms. The molecule has 3 heterocycles. The van der Waals surface area contributed by atoms with Crippen LogP contribution in [0.5, 0.6) is 0 Å². The maximum atomic E-state index is 12.8. The number of hydrogen-bond acceptors (Lipinski definition) is 5. The minimum absolute atomic E-state index is 0.127. The summed E-state index contributed by atoms with van der Waals surface area (Å²) in [6, 6.07) is 9.10. The molecule has 0 spiro atoms. The van der Waals surface area contributed by atoms with Crippen LogP contribution in [0.15, 0.2) is 47.9 Å². The molecule has 29 heavy (non-hydrogen) atoms. The maximum absolute atomic E-state index is 12.8. The molecular weight excluding hydrogens is 429 g/mol. The van der Waals surface area contributed by atoms with Crippen molar-refractivity contribution >= 4 is 40.9 Å². The smallest absolute Gasteiger partial charge is 0.235 e. The van der Waals surface area contributed by atoms with Crippen molar-refractivity contribution in [1.29, 1.82) is 0 Å². The van der Waals surface area contributed by atoms with Crippen LogP contribution in [0.2, 0.25) is 10.0 Å². The zero-order valence-corrected chi connectivity index (χ0v) is 18.1. The molecule has 1 fully saturated rings. The normalized spacial score (nSPS) is 14.9. The molecule has 1 aromatic carbocycles. The zero-order chi connectivity index (χ0) is 20.4. The first-order valence-corrected chi connectivity index (χ1v) is 10.9. The quantitative estimate of drug-likeness (QED) is 0.528. The lowest BCUT2D eigenvalue weighted by Gasteiger charge is -2.20. The third-order valence-electron chi connectivity index (χ3n) is 4.78. The van der Waals surface area contributed by atoms with Gasteiger partial charge in [-0.3, -0.25) is 14.3 Å². The summed E-state index contributed by atoms with van der Waals surface area (Å²) in [5.41, 5.74) is 1.64. The van der Waals surface area contributed by atoms with Crippen LogP contribution >= 0.6 is 35.0 Å². The first-order valence-electron chi connectivity index (χ1n) is 9.31. The summed E-state index contributed by atoms with van der Waals surface area (Å²) in [5.74, 6) is 0.774. The van der Waals surface area contributed by atoms with E-state index in [9.17, 15) is 4.79 Å². The van der Waals surface area contributed by atoms with Crippen molar-refractivity contribution in [3.63, 3.8) is 0 Å². The van der Waals surface area contributed by atoms with Crippen molar-refractivity contribution in [3.05, 3.63) is 52.8 Å². The maximum Gasteiger partial charge on any atom is 0.235 e. The van der Waals surface area contributed by atoms with Crippen molar-refractivity contribution in [2.75, 3.05) is 13.1 Å². The second-order valence-electron chi connectivity index (χ2n) is 6.77. The summed E-state index contributed by atoms with van der Waals surface area (Å²) >= 11 is 13.8. The number of benzene rings is 1. The second-order valence-corrected chi connectivity index (χ2v) is 8.89. The number of amides is 1. The van der Waals surface area contributed by atoms with Crippen molar-refractivity contribution in [2.45, 2.75) is 30.2 Å². The molecule has 2 aromatic heterocycles. The highest BCUT2D eigenvalue weighted by Gasteiger charge is 2.27. The van der Waals surface area contributed by atoms with Gasteiger partial charge in [-0.1, -0.05) is 35.0 Å². The standard InChI is InChI=1S/C20H19Cl2N5OS/c1-13(19(28)26-10-2-3-11-26)29-20-25-24-18(14-6-8-23-9-7-14)27(20)15-4-5-16(21)17(22)12-15/h4-9,12-13H,2-3,10-11H2,1H3/t13-/m0/s1. The second kappa shape index (κ2) is 8.73. The van der Waals surface area contributed by atoms with Crippen LogP contribution in [0.1, 0.15) is 19.8 Å². The van der Waals surface area contributed by atoms with E-state index in [-0.39, 0.29) is 11.2 Å². The average molecular weight is 448 g/mol. The molecule has 150 valence electrons. The predicted octanol–water partition coefficient (Wildman–Crippen LogP) is 4.74. The largest absolute Gasteiger partial charge is 0.342 e. The van der Waals surface area contributed by atoms with E-state index < -0.39 is 0 Å². The van der Waals surface area contributed by atoms with Gasteiger partial charge in [0, 0.05) is 31.0 Å². The van der Waals surface area contributed by atoms with Gasteiger partial charge in [0.05, 0.1) is 21.0 Å². The van der Waals surface area contributed by atoms with Gasteiger partial charge < -0.3 is 4.90 Å². The Balaban J connectivity index is 1.72. The molecule has 6 nitrogen and oxygen atoms in total. The van der Waals surface area contributed by atoms with Crippen LogP contribution in [0.25, 0.3) is 17.1 Å². The molecule has 0 bridgehead atoms. The van der Waals surface area contributed by atoms with E-state index in [1.54, 1.807) is 24.5 Å². The van der Waals surface area contributed by atoms with E-state index in [4.69, 9.17) is 23.2 Å². The Morgan fingerprint density at radius 3 is 2.48 bits per heavy atom. The van der Waals surface area contributed by atoms with Crippen LogP contribution in [-0.4, -0.2) is 48.9 Å². The zero-order valence-electron chi connectivity index (χ0n) is 15.8. The Labute approximate surface area is 183 Å². The number of nitrogens with zero attached hydrogens (tertiary/aromatic N) is 5. The minimum Gasteiger partial charge on any atom is -0.342 e. The van der Waals surface area contributed by atoms with E-state index in [0.717, 1.165) is 37.2 Å². The molecule has 1 aliphatic heterocycles. The van der Waals surface area contributed by atoms with Gasteiger partial charge >= 0.3 is 0 Å². The lowest BCUT2D eigenvalue weighted by molar-refractivity contribution is -0.129. The van der Waals surface area contributed by atoms with Crippen LogP contribution in [0, 0.1) is 0 Å². The van der Waals surface area contributed by atoms with Gasteiger partial charge in [-0.15, -0.1) is 10.2 Å². The number of aromatic nitrogens is 4. The monoisotopic (exact) mass is 447 g/mol. The topological polar surface area (TPSA) is 63.9 Å². The molecule has 4 rings (SSSR count). The van der Waals surface area contributed by atoms with Crippen LogP contribution < -0.4 is 0 Å². The summed E-state index contributed by atoms with van der Waals surface area (Å²) in [6.45, 7) is 3.56. The van der Waals surface area contributed by atoms with E-state index >= 15 is 0 Å². The Morgan fingerprint density at radius 1 is 1.07 bits per heavy atom. The van der Waals surface area contributed by atoms with E-state index in [2.05, 4.69) is 15.2 Å². The Hall–Kier alpha value is -2.09. The van der Waals surface area contributed by atoms with E-state index in [1.165, 1.54) is 11.8 Å². The molecule has 1 amide bonds. The summed E-state index contributed by atoms with van der Waals surface area (Å²) < 4.78 is 1.90. The van der Waals surface area contributed by atoms with Gasteiger partial charge in [-0.2, -0.15) is 0 Å². The van der Waals surface area contributed by atoms with Gasteiger partial charge in [-0.05, 0) is 50.1 Å². The lowest BCUT2D eigenvalue weighted by atomic mass is 10.2. The average Bonchev–Trinajstić information content (AvgIpc) is 3.40. The number of likely N-dealkylation sites (tertiary alicyclic amines) is 1. The number of halogens is 2. The van der Waals surface area contributed by atoms with Crippen LogP contribution in [0.4, 0.5) is 0 Å². The van der Waals surface area contributed by atoms with Gasteiger partial charge in [0.25, 0.3) is 0 Å². The molecule has 0 aliphatic carbocycles. The summed E-state index contributed by atoms with van der Waals surface area (Å²) in [7, 11) is 0. The van der Waals surface area contributed by atoms with Crippen LogP contribution in [-0.2, 0) is 4.79 Å². The molecule has 1 saturated heterocycles. The van der Waals surface area contributed by atoms with E-state index in [0.29, 0.717) is 21.0 Å². The summed E-state index contributed by atoms with van der Waals surface area (Å²) in [4.78, 5) is 18.8. The van der Waals surface area contributed by atoms with Gasteiger partial charge in [0.2, 0.25) is 5.91 Å². The summed E-state index contributed by atoms with van der Waals surface area (Å²) in [6.07, 6.45) is 5.54. The number of hydrogen-bond donors (Lipinski definition) is 0. The highest BCUT2D eigenvalue weighted by Crippen LogP contribution is 2.33. The predicted molar refractivity (Wildman–Crippen MR) is 116 cm³/mol. The Kier molecular flexibility index (Phi) is 6.08. The molecule has 0 unspecified atom stereocenters. The first-order chi connectivity index (χ1) is 14.0. The van der Waals surface area contributed by atoms with Gasteiger partial charge in [0.15, 0.2) is 11.0 Å². The lowest BCUT2D eigenvalue weighted by Crippen LogP contribution is -2.34. The van der Waals surface area contributed by atoms with Crippen molar-refractivity contribution in [2.24, 2.45) is 0 Å². The Bertz CT molecular complexity index is 1020. The number of carbonyl (C=O) groups is 1. The number of carbonyl (C=O) groups excluding carboxylic acids is 1. The fraction of sp³-hybridized carbons (Fsp3) is 0.300. The molecule has 0 saturated carbocycles. The third kappa shape index (κ3) is 4.27. The van der Waals surface area contributed by atoms with Gasteiger partial charge in [0.1, 0.15) is 0 Å². The molecule has 0 radical (unpaired) electrons. The third-order valence-corrected chi connectivity index (χ3v) is 6.55. The molecule has 1 aliphatic rings. The fourth-order valence-corrected chi connectivity index (χ4v) is 4.54. The highest BCUT2D eigenvalue weighted by atomic mass is 35.5. The molecular formula is C20H19Cl2N5OS. The van der Waals surface area contributed by atoms with Crippen molar-refractivity contribution in [1.82, 2.24) is 24.6 Å². The fourth-order valence-electron chi connectivity index (χ4n) is 3.29. The SMILES string of the molecule is C[C@H](Sc1nnc(-c2ccncc2)n1-c1ccc(Cl)c(Cl)c1)C(=O)N1CCCC1. The summed E-state index contributed by atoms with van der Waals surface area (Å²) in [5, 5.41) is 10.0. The number of rotatable bonds is 5. The van der Waals surface area contributed by atoms with Crippen molar-refractivity contribution in [3.8, 4) is 17.1 Å². The van der Waals surface area contributed by atoms with Gasteiger partial charge in [-0.25, -0.2) is 0 Å². The number of thioether (sulfide) groups is 1. The Morgan fingerprint density at radius 2 is 1.79 bits per heavy atom. The van der Waals surface area contributed by atoms with Crippen molar-refractivity contribution < 1.29 is 4.79 Å². The molecule has 3 aromatic rings. The molecule has 1 atom stereocenters. The van der Waals surface area contributed by atoms with E-state index in [1.807, 2.05) is 34.6 Å². The minimum atomic E-state index is -0.274. The highest BCUT2D eigenvalue weighted by molar-refractivity contribution is 8.00. The van der Waals surface area contributed by atoms with Crippen LogP contribution in [0.3, 0.4) is 0 Å². The molecule has 0 N–H and O–H groups in total. The first kappa shape index (κ1) is 20.2.